The highest BCUT2D eigenvalue weighted by Crippen LogP contribution is 2.26. The first-order valence-electron chi connectivity index (χ1n) is 13.5. The Balaban J connectivity index is 1.58. The molecular formula is C30H38BrN3O4S. The number of hydrogen-bond donors (Lipinski definition) is 0. The molecule has 0 N–H and O–H groups in total. The van der Waals surface area contributed by atoms with Crippen molar-refractivity contribution in [1.82, 2.24) is 13.8 Å². The summed E-state index contributed by atoms with van der Waals surface area (Å²) < 4.78 is 36.8. The first-order valence-corrected chi connectivity index (χ1v) is 15.7. The molecule has 1 heterocycles. The van der Waals surface area contributed by atoms with Gasteiger partial charge in [0.05, 0.1) is 24.6 Å². The van der Waals surface area contributed by atoms with E-state index in [0.29, 0.717) is 13.1 Å². The summed E-state index contributed by atoms with van der Waals surface area (Å²) in [5, 5.41) is 0. The minimum absolute atomic E-state index is 0.0913. The lowest BCUT2D eigenvalue weighted by molar-refractivity contribution is -0.135. The van der Waals surface area contributed by atoms with Crippen molar-refractivity contribution in [3.8, 4) is 0 Å². The third-order valence-electron chi connectivity index (χ3n) is 7.37. The third-order valence-corrected chi connectivity index (χ3v) is 9.76. The van der Waals surface area contributed by atoms with E-state index >= 15 is 0 Å². The number of sulfonamides is 1. The summed E-state index contributed by atoms with van der Waals surface area (Å²) in [5.74, 6) is -0.176. The molecule has 1 aliphatic carbocycles. The largest absolute Gasteiger partial charge is 0.383 e. The molecule has 0 saturated heterocycles. The van der Waals surface area contributed by atoms with Crippen molar-refractivity contribution in [2.75, 3.05) is 26.8 Å². The van der Waals surface area contributed by atoms with Crippen molar-refractivity contribution in [2.45, 2.75) is 63.1 Å². The fourth-order valence-electron chi connectivity index (χ4n) is 5.10. The van der Waals surface area contributed by atoms with Gasteiger partial charge in [-0.2, -0.15) is 4.31 Å². The van der Waals surface area contributed by atoms with Gasteiger partial charge in [-0.1, -0.05) is 65.0 Å². The van der Waals surface area contributed by atoms with Gasteiger partial charge in [0, 0.05) is 42.6 Å². The monoisotopic (exact) mass is 615 g/mol. The smallest absolute Gasteiger partial charge is 0.243 e. The zero-order valence-electron chi connectivity index (χ0n) is 22.8. The minimum Gasteiger partial charge on any atom is -0.383 e. The molecule has 3 aromatic rings. The average Bonchev–Trinajstić information content (AvgIpc) is 3.37. The van der Waals surface area contributed by atoms with Crippen LogP contribution in [0.2, 0.25) is 0 Å². The van der Waals surface area contributed by atoms with Crippen LogP contribution in [-0.4, -0.2) is 60.9 Å². The SMILES string of the molecule is COCCN(CC(=O)N(Cc1cccn1Cc1ccc(Br)cc1)C1CCCCC1)S(=O)(=O)c1ccc(C)cc1. The molecule has 1 amide bonds. The van der Waals surface area contributed by atoms with Crippen LogP contribution in [0.5, 0.6) is 0 Å². The van der Waals surface area contributed by atoms with E-state index < -0.39 is 10.0 Å². The summed E-state index contributed by atoms with van der Waals surface area (Å²) in [7, 11) is -2.33. The van der Waals surface area contributed by atoms with Crippen molar-refractivity contribution in [3.63, 3.8) is 0 Å². The van der Waals surface area contributed by atoms with Crippen molar-refractivity contribution >= 4 is 31.9 Å². The van der Waals surface area contributed by atoms with Gasteiger partial charge in [0.25, 0.3) is 0 Å². The number of amides is 1. The number of carbonyl (C=O) groups is 1. The average molecular weight is 617 g/mol. The molecule has 210 valence electrons. The second kappa shape index (κ2) is 13.7. The van der Waals surface area contributed by atoms with E-state index in [1.54, 1.807) is 24.3 Å². The van der Waals surface area contributed by atoms with Crippen LogP contribution in [0.25, 0.3) is 0 Å². The Morgan fingerprint density at radius 2 is 1.72 bits per heavy atom. The van der Waals surface area contributed by atoms with E-state index in [0.717, 1.165) is 41.4 Å². The number of carbonyl (C=O) groups excluding carboxylic acids is 1. The van der Waals surface area contributed by atoms with Gasteiger partial charge in [-0.05, 0) is 61.7 Å². The highest BCUT2D eigenvalue weighted by Gasteiger charge is 2.32. The number of halogens is 1. The maximum atomic E-state index is 13.9. The molecule has 0 atom stereocenters. The van der Waals surface area contributed by atoms with Gasteiger partial charge in [-0.3, -0.25) is 4.79 Å². The van der Waals surface area contributed by atoms with Crippen molar-refractivity contribution in [1.29, 1.82) is 0 Å². The van der Waals surface area contributed by atoms with Crippen LogP contribution >= 0.6 is 15.9 Å². The van der Waals surface area contributed by atoms with E-state index in [1.165, 1.54) is 23.4 Å². The van der Waals surface area contributed by atoms with Gasteiger partial charge in [-0.25, -0.2) is 8.42 Å². The Morgan fingerprint density at radius 3 is 2.38 bits per heavy atom. The molecule has 1 fully saturated rings. The fraction of sp³-hybridized carbons (Fsp3) is 0.433. The molecule has 0 unspecified atom stereocenters. The Morgan fingerprint density at radius 1 is 1.03 bits per heavy atom. The number of nitrogens with zero attached hydrogens (tertiary/aromatic N) is 3. The highest BCUT2D eigenvalue weighted by atomic mass is 79.9. The van der Waals surface area contributed by atoms with Gasteiger partial charge in [-0.15, -0.1) is 0 Å². The second-order valence-corrected chi connectivity index (χ2v) is 13.1. The number of methoxy groups -OCH3 is 1. The van der Waals surface area contributed by atoms with Crippen molar-refractivity contribution in [2.24, 2.45) is 0 Å². The van der Waals surface area contributed by atoms with Crippen LogP contribution in [0.3, 0.4) is 0 Å². The predicted octanol–water partition coefficient (Wildman–Crippen LogP) is 5.61. The normalized spacial score (nSPS) is 14.6. The van der Waals surface area contributed by atoms with Gasteiger partial charge in [0.1, 0.15) is 0 Å². The number of ether oxygens (including phenoxy) is 1. The third kappa shape index (κ3) is 7.81. The topological polar surface area (TPSA) is 71.8 Å². The maximum absolute atomic E-state index is 13.9. The lowest BCUT2D eigenvalue weighted by atomic mass is 9.94. The van der Waals surface area contributed by atoms with Crippen molar-refractivity contribution < 1.29 is 17.9 Å². The van der Waals surface area contributed by atoms with Gasteiger partial charge in [0.15, 0.2) is 0 Å². The van der Waals surface area contributed by atoms with Crippen LogP contribution in [-0.2, 0) is 32.6 Å². The highest BCUT2D eigenvalue weighted by molar-refractivity contribution is 9.10. The van der Waals surface area contributed by atoms with Crippen LogP contribution in [0.4, 0.5) is 0 Å². The Labute approximate surface area is 240 Å². The van der Waals surface area contributed by atoms with Crippen LogP contribution in [0, 0.1) is 6.92 Å². The van der Waals surface area contributed by atoms with E-state index in [-0.39, 0.29) is 36.5 Å². The molecule has 4 rings (SSSR count). The number of aromatic nitrogens is 1. The molecule has 7 nitrogen and oxygen atoms in total. The van der Waals surface area contributed by atoms with Crippen LogP contribution in [0.1, 0.15) is 48.9 Å². The molecule has 0 radical (unpaired) electrons. The molecule has 0 aliphatic heterocycles. The quantitative estimate of drug-likeness (QED) is 0.266. The zero-order chi connectivity index (χ0) is 27.8. The predicted molar refractivity (Wildman–Crippen MR) is 157 cm³/mol. The Kier molecular flexibility index (Phi) is 10.4. The summed E-state index contributed by atoms with van der Waals surface area (Å²) >= 11 is 3.49. The van der Waals surface area contributed by atoms with Gasteiger partial charge < -0.3 is 14.2 Å². The Hall–Kier alpha value is -2.46. The molecule has 0 bridgehead atoms. The second-order valence-electron chi connectivity index (χ2n) is 10.2. The van der Waals surface area contributed by atoms with Crippen LogP contribution < -0.4 is 0 Å². The van der Waals surface area contributed by atoms with E-state index in [9.17, 15) is 13.2 Å². The van der Waals surface area contributed by atoms with Gasteiger partial charge >= 0.3 is 0 Å². The van der Waals surface area contributed by atoms with Crippen molar-refractivity contribution in [3.05, 3.63) is 88.2 Å². The van der Waals surface area contributed by atoms with Gasteiger partial charge in [0.2, 0.25) is 15.9 Å². The molecule has 1 aromatic heterocycles. The fourth-order valence-corrected chi connectivity index (χ4v) is 6.74. The Bertz CT molecular complexity index is 1320. The molecule has 1 aliphatic rings. The molecule has 0 spiro atoms. The van der Waals surface area contributed by atoms with E-state index in [4.69, 9.17) is 4.74 Å². The summed E-state index contributed by atoms with van der Waals surface area (Å²) in [6.45, 7) is 3.15. The van der Waals surface area contributed by atoms with Crippen LogP contribution in [0.15, 0.2) is 76.2 Å². The number of rotatable bonds is 12. The molecule has 2 aromatic carbocycles. The standard InChI is InChI=1S/C30H38BrN3O4S/c1-24-10-16-29(17-11-24)39(36,37)33(19-20-38-2)23-30(35)34(27-7-4-3-5-8-27)22-28-9-6-18-32(28)21-25-12-14-26(31)15-13-25/h6,9-18,27H,3-5,7-8,19-23H2,1-2H3. The summed E-state index contributed by atoms with van der Waals surface area (Å²) in [5.41, 5.74) is 3.17. The summed E-state index contributed by atoms with van der Waals surface area (Å²) in [6.07, 6.45) is 7.21. The molecule has 39 heavy (non-hydrogen) atoms. The molecule has 9 heteroatoms. The number of aryl methyl sites for hydroxylation is 1. The number of hydrogen-bond acceptors (Lipinski definition) is 4. The lowest BCUT2D eigenvalue weighted by Crippen LogP contribution is -2.48. The summed E-state index contributed by atoms with van der Waals surface area (Å²) in [6, 6.07) is 19.1. The van der Waals surface area contributed by atoms with E-state index in [2.05, 4.69) is 32.6 Å². The molecular weight excluding hydrogens is 578 g/mol. The van der Waals surface area contributed by atoms with E-state index in [1.807, 2.05) is 42.3 Å². The zero-order valence-corrected chi connectivity index (χ0v) is 25.2. The maximum Gasteiger partial charge on any atom is 0.243 e. The minimum atomic E-state index is -3.87. The lowest BCUT2D eigenvalue weighted by Gasteiger charge is -2.36. The first kappa shape index (κ1) is 29.5. The first-order chi connectivity index (χ1) is 18.8. The molecule has 1 saturated carbocycles. The number of benzene rings is 2. The summed E-state index contributed by atoms with van der Waals surface area (Å²) in [4.78, 5) is 16.0.